The van der Waals surface area contributed by atoms with Gasteiger partial charge in [0.25, 0.3) is 0 Å². The molecule has 2 N–H and O–H groups in total. The number of hydrogen-bond acceptors (Lipinski definition) is 4. The third-order valence-corrected chi connectivity index (χ3v) is 6.59. The molecule has 0 bridgehead atoms. The predicted octanol–water partition coefficient (Wildman–Crippen LogP) is 4.74. The lowest BCUT2D eigenvalue weighted by Crippen LogP contribution is -2.33. The number of fused-ring (bicyclic) bond motifs is 1. The number of aliphatic hydroxyl groups is 2. The van der Waals surface area contributed by atoms with E-state index in [0.29, 0.717) is 30.9 Å². The van der Waals surface area contributed by atoms with E-state index in [1.165, 1.54) is 11.1 Å². The summed E-state index contributed by atoms with van der Waals surface area (Å²) in [5, 5.41) is 20.5. The molecule has 0 radical (unpaired) electrons. The molecule has 0 aliphatic carbocycles. The van der Waals surface area contributed by atoms with Gasteiger partial charge in [-0.2, -0.15) is 0 Å². The summed E-state index contributed by atoms with van der Waals surface area (Å²) >= 11 is 6.75. The quantitative estimate of drug-likeness (QED) is 0.735. The van der Waals surface area contributed by atoms with Crippen LogP contribution in [0.2, 0.25) is 5.02 Å². The molecular formula is C25H31ClO4. The Morgan fingerprint density at radius 1 is 1.13 bits per heavy atom. The molecule has 2 aromatic carbocycles. The first kappa shape index (κ1) is 21.6. The van der Waals surface area contributed by atoms with Crippen molar-refractivity contribution in [3.8, 4) is 5.75 Å². The van der Waals surface area contributed by atoms with Gasteiger partial charge in [-0.25, -0.2) is 0 Å². The number of ether oxygens (including phenoxy) is 2. The van der Waals surface area contributed by atoms with E-state index in [4.69, 9.17) is 21.1 Å². The molecule has 2 aromatic rings. The van der Waals surface area contributed by atoms with E-state index in [0.717, 1.165) is 28.9 Å². The Kier molecular flexibility index (Phi) is 6.13. The fraction of sp³-hybridized carbons (Fsp3) is 0.520. The fourth-order valence-electron chi connectivity index (χ4n) is 4.48. The minimum atomic E-state index is -0.483. The lowest BCUT2D eigenvalue weighted by molar-refractivity contribution is -0.114. The zero-order chi connectivity index (χ0) is 21.5. The molecule has 1 saturated heterocycles. The van der Waals surface area contributed by atoms with Crippen molar-refractivity contribution in [1.82, 2.24) is 0 Å². The molecule has 0 saturated carbocycles. The lowest BCUT2D eigenvalue weighted by Gasteiger charge is -2.33. The minimum Gasteiger partial charge on any atom is -0.491 e. The third kappa shape index (κ3) is 4.38. The molecule has 162 valence electrons. The Hall–Kier alpha value is -1.59. The van der Waals surface area contributed by atoms with Gasteiger partial charge in [-0.3, -0.25) is 0 Å². The van der Waals surface area contributed by atoms with E-state index in [1.54, 1.807) is 0 Å². The minimum absolute atomic E-state index is 0.0905. The summed E-state index contributed by atoms with van der Waals surface area (Å²) in [6.07, 6.45) is 1.37. The molecule has 0 aromatic heterocycles. The van der Waals surface area contributed by atoms with Crippen LogP contribution in [-0.4, -0.2) is 35.6 Å². The van der Waals surface area contributed by atoms with Gasteiger partial charge in [-0.15, -0.1) is 0 Å². The Balaban J connectivity index is 1.67. The predicted molar refractivity (Wildman–Crippen MR) is 119 cm³/mol. The Labute approximate surface area is 183 Å². The topological polar surface area (TPSA) is 58.9 Å². The van der Waals surface area contributed by atoms with E-state index in [2.05, 4.69) is 51.1 Å². The SMILES string of the molecule is CC(C)(C)c1ccc(Cc2cc(C3CC(O)CC(CO)O3)c3c(c2Cl)OCC3)cc1. The van der Waals surface area contributed by atoms with Crippen molar-refractivity contribution < 1.29 is 19.7 Å². The molecule has 2 aliphatic heterocycles. The largest absolute Gasteiger partial charge is 0.491 e. The van der Waals surface area contributed by atoms with Crippen LogP contribution in [0.5, 0.6) is 5.75 Å². The summed E-state index contributed by atoms with van der Waals surface area (Å²) < 4.78 is 12.0. The molecule has 2 aliphatic rings. The second-order valence-electron chi connectivity index (χ2n) is 9.52. The van der Waals surface area contributed by atoms with Crippen molar-refractivity contribution in [2.45, 2.75) is 70.2 Å². The van der Waals surface area contributed by atoms with Gasteiger partial charge in [-0.1, -0.05) is 62.7 Å². The highest BCUT2D eigenvalue weighted by Crippen LogP contribution is 2.44. The standard InChI is InChI=1S/C25H31ClO4/c1-25(2,3)17-6-4-15(5-7-17)10-16-11-21(20-8-9-29-24(20)23(16)26)22-13-18(28)12-19(14-27)30-22/h4-7,11,18-19,22,27-28H,8-10,12-14H2,1-3H3. The van der Waals surface area contributed by atoms with Gasteiger partial charge in [0.1, 0.15) is 5.75 Å². The monoisotopic (exact) mass is 430 g/mol. The molecular weight excluding hydrogens is 400 g/mol. The van der Waals surface area contributed by atoms with Crippen LogP contribution in [0.1, 0.15) is 67.5 Å². The van der Waals surface area contributed by atoms with Crippen molar-refractivity contribution in [2.24, 2.45) is 0 Å². The molecule has 2 heterocycles. The van der Waals surface area contributed by atoms with Crippen LogP contribution in [-0.2, 0) is 23.0 Å². The Morgan fingerprint density at radius 3 is 2.53 bits per heavy atom. The van der Waals surface area contributed by atoms with Crippen LogP contribution in [0.3, 0.4) is 0 Å². The molecule has 4 rings (SSSR count). The zero-order valence-corrected chi connectivity index (χ0v) is 18.7. The zero-order valence-electron chi connectivity index (χ0n) is 18.0. The van der Waals surface area contributed by atoms with Gasteiger partial charge in [0.15, 0.2) is 0 Å². The summed E-state index contributed by atoms with van der Waals surface area (Å²) in [7, 11) is 0. The van der Waals surface area contributed by atoms with E-state index >= 15 is 0 Å². The first-order valence-electron chi connectivity index (χ1n) is 10.8. The van der Waals surface area contributed by atoms with Gasteiger partial charge in [-0.05, 0) is 34.1 Å². The molecule has 0 spiro atoms. The highest BCUT2D eigenvalue weighted by molar-refractivity contribution is 6.33. The van der Waals surface area contributed by atoms with Gasteiger partial charge in [0.2, 0.25) is 0 Å². The van der Waals surface area contributed by atoms with Crippen LogP contribution in [0.15, 0.2) is 30.3 Å². The molecule has 3 atom stereocenters. The summed E-state index contributed by atoms with van der Waals surface area (Å²) in [4.78, 5) is 0. The lowest BCUT2D eigenvalue weighted by atomic mass is 9.86. The van der Waals surface area contributed by atoms with Crippen LogP contribution in [0.4, 0.5) is 0 Å². The van der Waals surface area contributed by atoms with Gasteiger partial charge < -0.3 is 19.7 Å². The number of hydrogen-bond donors (Lipinski definition) is 2. The smallest absolute Gasteiger partial charge is 0.141 e. The molecule has 5 heteroatoms. The van der Waals surface area contributed by atoms with Crippen LogP contribution < -0.4 is 4.74 Å². The maximum atomic E-state index is 10.3. The molecule has 1 fully saturated rings. The maximum absolute atomic E-state index is 10.3. The van der Waals surface area contributed by atoms with Crippen LogP contribution in [0.25, 0.3) is 0 Å². The van der Waals surface area contributed by atoms with Crippen molar-refractivity contribution in [3.05, 3.63) is 63.2 Å². The average molecular weight is 431 g/mol. The second-order valence-corrected chi connectivity index (χ2v) is 9.90. The van der Waals surface area contributed by atoms with Gasteiger partial charge in [0.05, 0.1) is 36.5 Å². The van der Waals surface area contributed by atoms with Gasteiger partial charge in [0, 0.05) is 24.8 Å². The van der Waals surface area contributed by atoms with Crippen LogP contribution >= 0.6 is 11.6 Å². The second kappa shape index (κ2) is 8.51. The van der Waals surface area contributed by atoms with E-state index in [-0.39, 0.29) is 24.2 Å². The first-order valence-corrected chi connectivity index (χ1v) is 11.1. The third-order valence-electron chi connectivity index (χ3n) is 6.17. The summed E-state index contributed by atoms with van der Waals surface area (Å²) in [5.41, 5.74) is 5.71. The molecule has 0 amide bonds. The molecule has 3 unspecified atom stereocenters. The normalized spacial score (nSPS) is 23.9. The Morgan fingerprint density at radius 2 is 1.87 bits per heavy atom. The van der Waals surface area contributed by atoms with Gasteiger partial charge >= 0.3 is 0 Å². The highest BCUT2D eigenvalue weighted by atomic mass is 35.5. The highest BCUT2D eigenvalue weighted by Gasteiger charge is 2.33. The van der Waals surface area contributed by atoms with E-state index in [9.17, 15) is 10.2 Å². The fourth-order valence-corrected chi connectivity index (χ4v) is 4.77. The first-order chi connectivity index (χ1) is 14.3. The number of benzene rings is 2. The number of rotatable bonds is 4. The number of aliphatic hydroxyl groups excluding tert-OH is 2. The van der Waals surface area contributed by atoms with Crippen molar-refractivity contribution >= 4 is 11.6 Å². The van der Waals surface area contributed by atoms with Crippen molar-refractivity contribution in [2.75, 3.05) is 13.2 Å². The summed E-state index contributed by atoms with van der Waals surface area (Å²) in [5.74, 6) is 0.750. The van der Waals surface area contributed by atoms with Crippen molar-refractivity contribution in [3.63, 3.8) is 0 Å². The van der Waals surface area contributed by atoms with Crippen LogP contribution in [0, 0.1) is 0 Å². The summed E-state index contributed by atoms with van der Waals surface area (Å²) in [6, 6.07) is 10.8. The summed E-state index contributed by atoms with van der Waals surface area (Å²) in [6.45, 7) is 7.14. The maximum Gasteiger partial charge on any atom is 0.141 e. The van der Waals surface area contributed by atoms with Crippen molar-refractivity contribution in [1.29, 1.82) is 0 Å². The average Bonchev–Trinajstić information content (AvgIpc) is 3.19. The Bertz CT molecular complexity index is 901. The van der Waals surface area contributed by atoms with E-state index in [1.807, 2.05) is 0 Å². The molecule has 4 nitrogen and oxygen atoms in total. The van der Waals surface area contributed by atoms with E-state index < -0.39 is 6.10 Å². The molecule has 30 heavy (non-hydrogen) atoms. The number of halogens is 1.